The minimum Gasteiger partial charge on any atom is -0.378 e. The van der Waals surface area contributed by atoms with E-state index in [1.165, 1.54) is 0 Å². The van der Waals surface area contributed by atoms with Gasteiger partial charge in [0.05, 0.1) is 52.7 Å². The number of ether oxygens (including phenoxy) is 1. The molecule has 0 aliphatic carbocycles. The number of morpholine rings is 1. The molecular formula is C26H26N4O6S2. The molecule has 6 rings (SSSR count). The summed E-state index contributed by atoms with van der Waals surface area (Å²) in [6, 6.07) is 14.3. The standard InChI is InChI=1S/C26H26N4O6S2/c31-25(29-10-14-38(34,35)15-11-29)18-4-3-5-19(16-18)30-24-20-6-1-2-7-22(20)37(33)17-21(24)23(27-30)26(32)28-8-12-36-13-9-28/h1-7,16H,8-15,17H2. The van der Waals surface area contributed by atoms with Crippen LogP contribution < -0.4 is 0 Å². The number of benzene rings is 2. The summed E-state index contributed by atoms with van der Waals surface area (Å²) in [5.41, 5.74) is 3.28. The van der Waals surface area contributed by atoms with Gasteiger partial charge < -0.3 is 14.5 Å². The molecule has 12 heteroatoms. The Kier molecular flexibility index (Phi) is 6.40. The van der Waals surface area contributed by atoms with Gasteiger partial charge in [-0.15, -0.1) is 0 Å². The number of hydrogen-bond donors (Lipinski definition) is 0. The SMILES string of the molecule is O=C(c1cccc(-n2nc(C(=O)N3CCOCC3)c3c2-c2ccccc2S(=O)C3)c1)N1CCS(=O)(=O)CC1. The summed E-state index contributed by atoms with van der Waals surface area (Å²) in [5, 5.41) is 4.75. The first-order valence-corrected chi connectivity index (χ1v) is 15.5. The van der Waals surface area contributed by atoms with Crippen LogP contribution in [0.2, 0.25) is 0 Å². The maximum absolute atomic E-state index is 13.6. The van der Waals surface area contributed by atoms with Gasteiger partial charge in [-0.25, -0.2) is 13.1 Å². The highest BCUT2D eigenvalue weighted by Crippen LogP contribution is 2.39. The fourth-order valence-electron chi connectivity index (χ4n) is 5.08. The van der Waals surface area contributed by atoms with E-state index < -0.39 is 20.6 Å². The molecule has 38 heavy (non-hydrogen) atoms. The van der Waals surface area contributed by atoms with Crippen molar-refractivity contribution >= 4 is 32.5 Å². The molecule has 0 N–H and O–H groups in total. The molecular weight excluding hydrogens is 528 g/mol. The van der Waals surface area contributed by atoms with E-state index in [0.29, 0.717) is 53.7 Å². The van der Waals surface area contributed by atoms with Gasteiger partial charge in [-0.1, -0.05) is 24.3 Å². The highest BCUT2D eigenvalue weighted by Gasteiger charge is 2.34. The van der Waals surface area contributed by atoms with Gasteiger partial charge in [0.15, 0.2) is 15.5 Å². The molecule has 3 aliphatic heterocycles. The van der Waals surface area contributed by atoms with Crippen molar-refractivity contribution in [2.75, 3.05) is 50.9 Å². The van der Waals surface area contributed by atoms with E-state index in [1.54, 1.807) is 32.7 Å². The number of aromatic nitrogens is 2. The van der Waals surface area contributed by atoms with Crippen LogP contribution in [0.3, 0.4) is 0 Å². The van der Waals surface area contributed by atoms with Crippen molar-refractivity contribution in [3.8, 4) is 16.9 Å². The number of rotatable bonds is 3. The van der Waals surface area contributed by atoms with Crippen LogP contribution in [0.25, 0.3) is 16.9 Å². The van der Waals surface area contributed by atoms with E-state index in [9.17, 15) is 22.2 Å². The Morgan fingerprint density at radius 3 is 2.37 bits per heavy atom. The predicted molar refractivity (Wildman–Crippen MR) is 140 cm³/mol. The van der Waals surface area contributed by atoms with Crippen LogP contribution in [0, 0.1) is 0 Å². The second-order valence-electron chi connectivity index (χ2n) is 9.47. The van der Waals surface area contributed by atoms with Gasteiger partial charge in [-0.3, -0.25) is 13.8 Å². The molecule has 1 atom stereocenters. The van der Waals surface area contributed by atoms with Crippen molar-refractivity contribution in [2.24, 2.45) is 0 Å². The zero-order valence-electron chi connectivity index (χ0n) is 20.5. The Morgan fingerprint density at radius 2 is 1.61 bits per heavy atom. The lowest BCUT2D eigenvalue weighted by Gasteiger charge is -2.27. The average molecular weight is 555 g/mol. The summed E-state index contributed by atoms with van der Waals surface area (Å²) in [4.78, 5) is 30.7. The zero-order valence-corrected chi connectivity index (χ0v) is 22.2. The molecule has 0 radical (unpaired) electrons. The van der Waals surface area contributed by atoms with Gasteiger partial charge in [0, 0.05) is 47.8 Å². The highest BCUT2D eigenvalue weighted by molar-refractivity contribution is 7.91. The van der Waals surface area contributed by atoms with Crippen molar-refractivity contribution in [3.05, 3.63) is 65.4 Å². The molecule has 3 aliphatic rings. The number of carbonyl (C=O) groups excluding carboxylic acids is 2. The Hall–Kier alpha value is -3.35. The third-order valence-electron chi connectivity index (χ3n) is 7.12. The Labute approximate surface area is 222 Å². The Morgan fingerprint density at radius 1 is 0.895 bits per heavy atom. The number of hydrogen-bond acceptors (Lipinski definition) is 7. The van der Waals surface area contributed by atoms with Crippen LogP contribution in [-0.4, -0.2) is 94.9 Å². The predicted octanol–water partition coefficient (Wildman–Crippen LogP) is 1.50. The highest BCUT2D eigenvalue weighted by atomic mass is 32.2. The maximum atomic E-state index is 13.6. The lowest BCUT2D eigenvalue weighted by molar-refractivity contribution is 0.0298. The topological polar surface area (TPSA) is 119 Å². The minimum absolute atomic E-state index is 0.0496. The molecule has 3 aromatic rings. The van der Waals surface area contributed by atoms with Crippen molar-refractivity contribution in [1.29, 1.82) is 0 Å². The quantitative estimate of drug-likeness (QED) is 0.481. The Bertz CT molecular complexity index is 1560. The molecule has 1 aromatic heterocycles. The second kappa shape index (κ2) is 9.75. The fourth-order valence-corrected chi connectivity index (χ4v) is 7.61. The van der Waals surface area contributed by atoms with Gasteiger partial charge >= 0.3 is 0 Å². The van der Waals surface area contributed by atoms with Gasteiger partial charge in [0.1, 0.15) is 0 Å². The van der Waals surface area contributed by atoms with Crippen LogP contribution in [0.5, 0.6) is 0 Å². The van der Waals surface area contributed by atoms with Crippen molar-refractivity contribution in [1.82, 2.24) is 19.6 Å². The third kappa shape index (κ3) is 4.46. The smallest absolute Gasteiger partial charge is 0.274 e. The number of sulfone groups is 1. The maximum Gasteiger partial charge on any atom is 0.274 e. The number of amides is 2. The molecule has 0 spiro atoms. The number of nitrogens with zero attached hydrogens (tertiary/aromatic N) is 4. The van der Waals surface area contributed by atoms with E-state index in [4.69, 9.17) is 9.84 Å². The molecule has 2 fully saturated rings. The zero-order chi connectivity index (χ0) is 26.4. The fraction of sp³-hybridized carbons (Fsp3) is 0.346. The Balaban J connectivity index is 1.44. The van der Waals surface area contributed by atoms with E-state index in [-0.39, 0.29) is 47.9 Å². The second-order valence-corrected chi connectivity index (χ2v) is 13.2. The summed E-state index contributed by atoms with van der Waals surface area (Å²) in [7, 11) is -4.45. The minimum atomic E-state index is -3.12. The molecule has 0 saturated carbocycles. The summed E-state index contributed by atoms with van der Waals surface area (Å²) in [6.07, 6.45) is 0. The molecule has 0 bridgehead atoms. The van der Waals surface area contributed by atoms with Crippen LogP contribution in [0.15, 0.2) is 53.4 Å². The first kappa shape index (κ1) is 25.0. The summed E-state index contributed by atoms with van der Waals surface area (Å²) >= 11 is 0. The normalized spacial score (nSPS) is 20.5. The number of carbonyl (C=O) groups is 2. The summed E-state index contributed by atoms with van der Waals surface area (Å²) in [6.45, 7) is 2.11. The molecule has 198 valence electrons. The molecule has 1 unspecified atom stereocenters. The van der Waals surface area contributed by atoms with Crippen molar-refractivity contribution in [3.63, 3.8) is 0 Å². The molecule has 2 amide bonds. The van der Waals surface area contributed by atoms with E-state index in [0.717, 1.165) is 5.56 Å². The van der Waals surface area contributed by atoms with Gasteiger partial charge in [-0.2, -0.15) is 5.10 Å². The first-order chi connectivity index (χ1) is 18.3. The summed E-state index contributed by atoms with van der Waals surface area (Å²) < 4.78 is 43.8. The van der Waals surface area contributed by atoms with Crippen molar-refractivity contribution < 1.29 is 27.0 Å². The molecule has 2 aromatic carbocycles. The van der Waals surface area contributed by atoms with Crippen LogP contribution in [-0.2, 0) is 31.1 Å². The number of fused-ring (bicyclic) bond motifs is 3. The summed E-state index contributed by atoms with van der Waals surface area (Å²) in [5.74, 6) is -0.424. The van der Waals surface area contributed by atoms with E-state index in [2.05, 4.69) is 0 Å². The van der Waals surface area contributed by atoms with Gasteiger partial charge in [0.25, 0.3) is 11.8 Å². The molecule has 10 nitrogen and oxygen atoms in total. The molecule has 2 saturated heterocycles. The lowest BCUT2D eigenvalue weighted by Crippen LogP contribution is -2.43. The third-order valence-corrected chi connectivity index (χ3v) is 10.1. The van der Waals surface area contributed by atoms with Crippen LogP contribution >= 0.6 is 0 Å². The monoisotopic (exact) mass is 554 g/mol. The van der Waals surface area contributed by atoms with E-state index >= 15 is 0 Å². The van der Waals surface area contributed by atoms with Gasteiger partial charge in [0.2, 0.25) is 0 Å². The van der Waals surface area contributed by atoms with Crippen molar-refractivity contribution in [2.45, 2.75) is 10.6 Å². The average Bonchev–Trinajstić information content (AvgIpc) is 3.32. The lowest BCUT2D eigenvalue weighted by atomic mass is 10.0. The van der Waals surface area contributed by atoms with Crippen LogP contribution in [0.1, 0.15) is 26.4 Å². The van der Waals surface area contributed by atoms with E-state index in [1.807, 2.05) is 30.3 Å². The molecule has 4 heterocycles. The van der Waals surface area contributed by atoms with Gasteiger partial charge in [-0.05, 0) is 24.3 Å². The largest absolute Gasteiger partial charge is 0.378 e. The first-order valence-electron chi connectivity index (χ1n) is 12.4. The van der Waals surface area contributed by atoms with Crippen LogP contribution in [0.4, 0.5) is 0 Å².